The molecule has 1 aromatic carbocycles. The van der Waals surface area contributed by atoms with E-state index < -0.39 is 18.0 Å². The van der Waals surface area contributed by atoms with Crippen molar-refractivity contribution in [2.24, 2.45) is 5.92 Å². The molecule has 20 heavy (non-hydrogen) atoms. The van der Waals surface area contributed by atoms with Gasteiger partial charge >= 0.3 is 5.97 Å². The monoisotopic (exact) mass is 276 g/mol. The van der Waals surface area contributed by atoms with Crippen molar-refractivity contribution in [2.75, 3.05) is 13.2 Å². The Morgan fingerprint density at radius 3 is 2.85 bits per heavy atom. The molecule has 0 N–H and O–H groups in total. The molecule has 1 aliphatic heterocycles. The Balaban J connectivity index is 2.39. The highest BCUT2D eigenvalue weighted by Crippen LogP contribution is 2.34. The van der Waals surface area contributed by atoms with E-state index in [1.54, 1.807) is 6.92 Å². The third kappa shape index (κ3) is 2.90. The van der Waals surface area contributed by atoms with Crippen LogP contribution in [0.1, 0.15) is 36.6 Å². The van der Waals surface area contributed by atoms with Crippen molar-refractivity contribution >= 4 is 11.8 Å². The summed E-state index contributed by atoms with van der Waals surface area (Å²) < 4.78 is 10.8. The molecule has 0 amide bonds. The number of carbonyl (C=O) groups excluding carboxylic acids is 2. The van der Waals surface area contributed by atoms with Gasteiger partial charge in [-0.25, -0.2) is 0 Å². The summed E-state index contributed by atoms with van der Waals surface area (Å²) in [6, 6.07) is 6.07. The number of benzene rings is 1. The van der Waals surface area contributed by atoms with Gasteiger partial charge in [-0.3, -0.25) is 9.59 Å². The van der Waals surface area contributed by atoms with Crippen LogP contribution in [0.3, 0.4) is 0 Å². The molecule has 4 nitrogen and oxygen atoms in total. The van der Waals surface area contributed by atoms with Crippen LogP contribution in [0.4, 0.5) is 0 Å². The van der Waals surface area contributed by atoms with Gasteiger partial charge in [0.1, 0.15) is 17.8 Å². The second-order valence-electron chi connectivity index (χ2n) is 5.08. The maximum atomic E-state index is 12.1. The first-order valence-corrected chi connectivity index (χ1v) is 6.92. The average molecular weight is 276 g/mol. The highest BCUT2D eigenvalue weighted by molar-refractivity contribution is 5.98. The third-order valence-electron chi connectivity index (χ3n) is 3.56. The number of rotatable bonds is 4. The van der Waals surface area contributed by atoms with Gasteiger partial charge in [-0.1, -0.05) is 23.8 Å². The van der Waals surface area contributed by atoms with Crippen LogP contribution in [0.5, 0.6) is 0 Å². The van der Waals surface area contributed by atoms with Crippen molar-refractivity contribution in [3.05, 3.63) is 34.9 Å². The SMILES string of the molecule is CCOC(=O)C(C(C)=O)C1OCCc2ccc(C)cc21. The molecule has 2 atom stereocenters. The summed E-state index contributed by atoms with van der Waals surface area (Å²) in [5.74, 6) is -1.60. The summed E-state index contributed by atoms with van der Waals surface area (Å²) >= 11 is 0. The smallest absolute Gasteiger partial charge is 0.319 e. The van der Waals surface area contributed by atoms with Crippen LogP contribution in [-0.4, -0.2) is 25.0 Å². The van der Waals surface area contributed by atoms with Crippen molar-refractivity contribution in [1.82, 2.24) is 0 Å². The van der Waals surface area contributed by atoms with E-state index in [4.69, 9.17) is 9.47 Å². The minimum atomic E-state index is -0.879. The van der Waals surface area contributed by atoms with E-state index in [1.807, 2.05) is 25.1 Å². The van der Waals surface area contributed by atoms with Gasteiger partial charge in [0.05, 0.1) is 13.2 Å². The maximum absolute atomic E-state index is 12.1. The second-order valence-corrected chi connectivity index (χ2v) is 5.08. The lowest BCUT2D eigenvalue weighted by Crippen LogP contribution is -2.34. The number of aryl methyl sites for hydroxylation is 1. The topological polar surface area (TPSA) is 52.6 Å². The Morgan fingerprint density at radius 2 is 2.20 bits per heavy atom. The largest absolute Gasteiger partial charge is 0.465 e. The molecule has 0 radical (unpaired) electrons. The molecule has 0 spiro atoms. The number of ether oxygens (including phenoxy) is 2. The van der Waals surface area contributed by atoms with Gasteiger partial charge in [0.25, 0.3) is 0 Å². The van der Waals surface area contributed by atoms with Crippen molar-refractivity contribution in [1.29, 1.82) is 0 Å². The number of fused-ring (bicyclic) bond motifs is 1. The van der Waals surface area contributed by atoms with Crippen molar-refractivity contribution in [3.63, 3.8) is 0 Å². The van der Waals surface area contributed by atoms with E-state index in [1.165, 1.54) is 6.92 Å². The molecule has 0 fully saturated rings. The van der Waals surface area contributed by atoms with Crippen LogP contribution in [-0.2, 0) is 25.5 Å². The molecule has 2 rings (SSSR count). The van der Waals surface area contributed by atoms with Gasteiger partial charge in [-0.2, -0.15) is 0 Å². The molecule has 0 saturated carbocycles. The predicted octanol–water partition coefficient (Wildman–Crippen LogP) is 2.38. The molecule has 1 aliphatic rings. The minimum Gasteiger partial charge on any atom is -0.465 e. The fourth-order valence-corrected chi connectivity index (χ4v) is 2.60. The minimum absolute atomic E-state index is 0.220. The Labute approximate surface area is 119 Å². The Kier molecular flexibility index (Phi) is 4.55. The van der Waals surface area contributed by atoms with E-state index >= 15 is 0 Å². The number of Topliss-reactive ketones (excluding diaryl/α,β-unsaturated/α-hetero) is 1. The molecule has 4 heteroatoms. The van der Waals surface area contributed by atoms with Gasteiger partial charge in [0, 0.05) is 0 Å². The van der Waals surface area contributed by atoms with Crippen LogP contribution in [0.2, 0.25) is 0 Å². The Hall–Kier alpha value is -1.68. The van der Waals surface area contributed by atoms with Gasteiger partial charge < -0.3 is 9.47 Å². The van der Waals surface area contributed by atoms with Crippen LogP contribution in [0, 0.1) is 12.8 Å². The van der Waals surface area contributed by atoms with Crippen LogP contribution < -0.4 is 0 Å². The maximum Gasteiger partial charge on any atom is 0.319 e. The molecular weight excluding hydrogens is 256 g/mol. The van der Waals surface area contributed by atoms with Gasteiger partial charge in [-0.05, 0) is 38.3 Å². The summed E-state index contributed by atoms with van der Waals surface area (Å²) in [4.78, 5) is 23.9. The molecule has 0 bridgehead atoms. The molecule has 1 heterocycles. The zero-order valence-electron chi connectivity index (χ0n) is 12.1. The number of esters is 1. The standard InChI is InChI=1S/C16H20O4/c1-4-19-16(18)14(11(3)17)15-13-9-10(2)5-6-12(13)7-8-20-15/h5-6,9,14-15H,4,7-8H2,1-3H3. The summed E-state index contributed by atoms with van der Waals surface area (Å²) in [6.45, 7) is 5.91. The van der Waals surface area contributed by atoms with Crippen LogP contribution in [0.15, 0.2) is 18.2 Å². The van der Waals surface area contributed by atoms with Crippen LogP contribution in [0.25, 0.3) is 0 Å². The molecular formula is C16H20O4. The number of ketones is 1. The molecule has 0 aromatic heterocycles. The molecule has 0 saturated heterocycles. The van der Waals surface area contributed by atoms with E-state index in [2.05, 4.69) is 0 Å². The lowest BCUT2D eigenvalue weighted by Gasteiger charge is -2.30. The van der Waals surface area contributed by atoms with Gasteiger partial charge in [-0.15, -0.1) is 0 Å². The van der Waals surface area contributed by atoms with Gasteiger partial charge in [0.15, 0.2) is 0 Å². The fraction of sp³-hybridized carbons (Fsp3) is 0.500. The first-order chi connectivity index (χ1) is 9.54. The first-order valence-electron chi connectivity index (χ1n) is 6.92. The quantitative estimate of drug-likeness (QED) is 0.626. The number of carbonyl (C=O) groups is 2. The number of hydrogen-bond acceptors (Lipinski definition) is 4. The second kappa shape index (κ2) is 6.18. The molecule has 0 aliphatic carbocycles. The van der Waals surface area contributed by atoms with Gasteiger partial charge in [0.2, 0.25) is 0 Å². The van der Waals surface area contributed by atoms with E-state index in [-0.39, 0.29) is 12.4 Å². The van der Waals surface area contributed by atoms with Crippen molar-refractivity contribution in [3.8, 4) is 0 Å². The summed E-state index contributed by atoms with van der Waals surface area (Å²) in [7, 11) is 0. The van der Waals surface area contributed by atoms with E-state index in [0.717, 1.165) is 23.1 Å². The lowest BCUT2D eigenvalue weighted by molar-refractivity contribution is -0.158. The predicted molar refractivity (Wildman–Crippen MR) is 74.4 cm³/mol. The summed E-state index contributed by atoms with van der Waals surface area (Å²) in [6.07, 6.45) is 0.273. The lowest BCUT2D eigenvalue weighted by atomic mass is 9.86. The number of hydrogen-bond donors (Lipinski definition) is 0. The zero-order chi connectivity index (χ0) is 14.7. The average Bonchev–Trinajstić information content (AvgIpc) is 2.39. The third-order valence-corrected chi connectivity index (χ3v) is 3.56. The Morgan fingerprint density at radius 1 is 1.45 bits per heavy atom. The van der Waals surface area contributed by atoms with Crippen LogP contribution >= 0.6 is 0 Å². The summed E-state index contributed by atoms with van der Waals surface area (Å²) in [5, 5.41) is 0. The van der Waals surface area contributed by atoms with E-state index in [0.29, 0.717) is 6.61 Å². The highest BCUT2D eigenvalue weighted by atomic mass is 16.5. The normalized spacial score (nSPS) is 19.1. The molecule has 1 aromatic rings. The first kappa shape index (κ1) is 14.7. The molecule has 108 valence electrons. The van der Waals surface area contributed by atoms with Crippen molar-refractivity contribution in [2.45, 2.75) is 33.3 Å². The fourth-order valence-electron chi connectivity index (χ4n) is 2.60. The molecule has 2 unspecified atom stereocenters. The highest BCUT2D eigenvalue weighted by Gasteiger charge is 2.38. The Bertz CT molecular complexity index is 521. The summed E-state index contributed by atoms with van der Waals surface area (Å²) in [5.41, 5.74) is 3.16. The van der Waals surface area contributed by atoms with Crippen molar-refractivity contribution < 1.29 is 19.1 Å². The zero-order valence-corrected chi connectivity index (χ0v) is 12.1. The van der Waals surface area contributed by atoms with E-state index in [9.17, 15) is 9.59 Å².